The minimum Gasteiger partial charge on any atom is -0.479 e. The fourth-order valence-corrected chi connectivity index (χ4v) is 4.45. The summed E-state index contributed by atoms with van der Waals surface area (Å²) in [5.41, 5.74) is 10.8. The molecule has 4 rings (SSSR count). The van der Waals surface area contributed by atoms with E-state index in [9.17, 15) is 15.0 Å². The van der Waals surface area contributed by atoms with Gasteiger partial charge >= 0.3 is 5.97 Å². The molecule has 0 radical (unpaired) electrons. The van der Waals surface area contributed by atoms with Gasteiger partial charge in [-0.1, -0.05) is 46.3 Å². The molecule has 1 aliphatic rings. The molecule has 0 amide bonds. The fourth-order valence-electron chi connectivity index (χ4n) is 3.98. The van der Waals surface area contributed by atoms with Crippen LogP contribution in [0.1, 0.15) is 28.3 Å². The van der Waals surface area contributed by atoms with E-state index in [4.69, 9.17) is 5.73 Å². The molecule has 1 heterocycles. The molecule has 26 heavy (non-hydrogen) atoms. The Morgan fingerprint density at radius 1 is 1.23 bits per heavy atom. The van der Waals surface area contributed by atoms with E-state index in [0.717, 1.165) is 45.0 Å². The predicted molar refractivity (Wildman–Crippen MR) is 103 cm³/mol. The average Bonchev–Trinajstić information content (AvgIpc) is 3.12. The molecule has 0 saturated heterocycles. The number of nitrogens with two attached hydrogens (primary N) is 1. The first-order valence-corrected chi connectivity index (χ1v) is 9.29. The summed E-state index contributed by atoms with van der Waals surface area (Å²) in [6.45, 7) is 0. The van der Waals surface area contributed by atoms with Crippen molar-refractivity contribution in [1.82, 2.24) is 4.98 Å². The Morgan fingerprint density at radius 2 is 1.96 bits per heavy atom. The quantitative estimate of drug-likeness (QED) is 0.527. The number of aromatic nitrogens is 1. The average molecular weight is 415 g/mol. The van der Waals surface area contributed by atoms with Gasteiger partial charge in [0.1, 0.15) is 0 Å². The Morgan fingerprint density at radius 3 is 2.65 bits per heavy atom. The van der Waals surface area contributed by atoms with E-state index in [-0.39, 0.29) is 6.04 Å². The Bertz CT molecular complexity index is 984. The van der Waals surface area contributed by atoms with Crippen molar-refractivity contribution < 1.29 is 15.0 Å². The second kappa shape index (κ2) is 6.54. The maximum Gasteiger partial charge on any atom is 0.333 e. The molecule has 5 nitrogen and oxygen atoms in total. The first-order chi connectivity index (χ1) is 12.5. The van der Waals surface area contributed by atoms with Crippen molar-refractivity contribution >= 4 is 32.8 Å². The van der Waals surface area contributed by atoms with Gasteiger partial charge < -0.3 is 20.9 Å². The summed E-state index contributed by atoms with van der Waals surface area (Å²) >= 11 is 3.54. The molecule has 3 atom stereocenters. The highest BCUT2D eigenvalue weighted by molar-refractivity contribution is 9.10. The molecule has 0 aliphatic heterocycles. The lowest BCUT2D eigenvalue weighted by Gasteiger charge is -2.22. The molecule has 134 valence electrons. The van der Waals surface area contributed by atoms with Crippen molar-refractivity contribution in [2.24, 2.45) is 5.73 Å². The van der Waals surface area contributed by atoms with Crippen molar-refractivity contribution in [3.63, 3.8) is 0 Å². The summed E-state index contributed by atoms with van der Waals surface area (Å²) in [4.78, 5) is 15.0. The van der Waals surface area contributed by atoms with Crippen molar-refractivity contribution in [2.75, 3.05) is 0 Å². The number of rotatable bonds is 4. The van der Waals surface area contributed by atoms with Gasteiger partial charge in [0.2, 0.25) is 0 Å². The maximum absolute atomic E-state index is 11.6. The van der Waals surface area contributed by atoms with Gasteiger partial charge in [-0.25, -0.2) is 4.79 Å². The zero-order valence-corrected chi connectivity index (χ0v) is 15.5. The summed E-state index contributed by atoms with van der Waals surface area (Å²) < 4.78 is 0.848. The topological polar surface area (TPSA) is 99.3 Å². The van der Waals surface area contributed by atoms with Gasteiger partial charge in [-0.15, -0.1) is 0 Å². The standard InChI is InChI=1S/C20H19BrN2O3/c21-11-6-14-13-8-12(22)9-16(13)23-18(14)15(7-11)17(19(24)20(25)26)10-4-2-1-3-5-10/h1-7,12,17,19,23-24H,8-9,22H2,(H,25,26)/t12?,17?,19-/m1/s1. The van der Waals surface area contributed by atoms with Crippen LogP contribution < -0.4 is 5.73 Å². The minimum atomic E-state index is -1.55. The monoisotopic (exact) mass is 414 g/mol. The molecule has 0 fully saturated rings. The lowest BCUT2D eigenvalue weighted by molar-refractivity contribution is -0.147. The van der Waals surface area contributed by atoms with E-state index >= 15 is 0 Å². The first kappa shape index (κ1) is 17.3. The third-order valence-corrected chi connectivity index (χ3v) is 5.55. The largest absolute Gasteiger partial charge is 0.479 e. The van der Waals surface area contributed by atoms with Crippen LogP contribution in [0.3, 0.4) is 0 Å². The molecular formula is C20H19BrN2O3. The van der Waals surface area contributed by atoms with E-state index in [2.05, 4.69) is 20.9 Å². The molecule has 2 aromatic carbocycles. The second-order valence-electron chi connectivity index (χ2n) is 6.84. The minimum absolute atomic E-state index is 0.109. The number of H-pyrrole nitrogens is 1. The normalized spacial score (nSPS) is 18.7. The number of aliphatic carboxylic acids is 1. The summed E-state index contributed by atoms with van der Waals surface area (Å²) in [7, 11) is 0. The van der Waals surface area contributed by atoms with E-state index in [1.54, 1.807) is 0 Å². The van der Waals surface area contributed by atoms with Gasteiger partial charge in [-0.3, -0.25) is 0 Å². The molecule has 1 aliphatic carbocycles. The van der Waals surface area contributed by atoms with Gasteiger partial charge in [0.05, 0.1) is 0 Å². The van der Waals surface area contributed by atoms with Gasteiger partial charge in [0.15, 0.2) is 6.10 Å². The number of nitrogens with one attached hydrogen (secondary N) is 1. The van der Waals surface area contributed by atoms with Crippen LogP contribution in [0.5, 0.6) is 0 Å². The smallest absolute Gasteiger partial charge is 0.333 e. The van der Waals surface area contributed by atoms with E-state index < -0.39 is 18.0 Å². The number of aromatic amines is 1. The highest BCUT2D eigenvalue weighted by Gasteiger charge is 2.32. The Labute approximate surface area is 159 Å². The number of carboxylic acid groups (broad SMARTS) is 1. The van der Waals surface area contributed by atoms with Gasteiger partial charge in [-0.05, 0) is 35.2 Å². The van der Waals surface area contributed by atoms with Crippen molar-refractivity contribution in [1.29, 1.82) is 0 Å². The van der Waals surface area contributed by atoms with Crippen LogP contribution in [0.4, 0.5) is 0 Å². The van der Waals surface area contributed by atoms with Crippen molar-refractivity contribution in [3.8, 4) is 0 Å². The lowest BCUT2D eigenvalue weighted by atomic mass is 9.85. The summed E-state index contributed by atoms with van der Waals surface area (Å²) in [6.07, 6.45) is 0.0247. The highest BCUT2D eigenvalue weighted by Crippen LogP contribution is 2.39. The van der Waals surface area contributed by atoms with Crippen LogP contribution in [0.2, 0.25) is 0 Å². The van der Waals surface area contributed by atoms with Gasteiger partial charge in [0, 0.05) is 39.5 Å². The Balaban J connectivity index is 1.95. The third kappa shape index (κ3) is 2.84. The van der Waals surface area contributed by atoms with Crippen molar-refractivity contribution in [2.45, 2.75) is 30.9 Å². The highest BCUT2D eigenvalue weighted by atomic mass is 79.9. The zero-order chi connectivity index (χ0) is 18.4. The third-order valence-electron chi connectivity index (χ3n) is 5.09. The summed E-state index contributed by atoms with van der Waals surface area (Å²) in [5.74, 6) is -1.92. The number of benzene rings is 2. The summed E-state index contributed by atoms with van der Waals surface area (Å²) in [6, 6.07) is 13.3. The number of fused-ring (bicyclic) bond motifs is 3. The zero-order valence-electron chi connectivity index (χ0n) is 13.9. The SMILES string of the molecule is NC1Cc2[nH]c3c(C(c4ccccc4)[C@@H](O)C(=O)O)cc(Br)cc3c2C1. The lowest BCUT2D eigenvalue weighted by Crippen LogP contribution is -2.28. The molecule has 1 aromatic heterocycles. The van der Waals surface area contributed by atoms with Crippen LogP contribution in [0.25, 0.3) is 10.9 Å². The molecule has 0 spiro atoms. The maximum atomic E-state index is 11.6. The van der Waals surface area contributed by atoms with Gasteiger partial charge in [0.25, 0.3) is 0 Å². The molecular weight excluding hydrogens is 396 g/mol. The fraction of sp³-hybridized carbons (Fsp3) is 0.250. The van der Waals surface area contributed by atoms with Crippen LogP contribution in [0.15, 0.2) is 46.9 Å². The number of carbonyl (C=O) groups is 1. The van der Waals surface area contributed by atoms with Crippen LogP contribution in [-0.4, -0.2) is 33.3 Å². The molecule has 6 heteroatoms. The van der Waals surface area contributed by atoms with Gasteiger partial charge in [-0.2, -0.15) is 0 Å². The van der Waals surface area contributed by atoms with E-state index in [0.29, 0.717) is 0 Å². The van der Waals surface area contributed by atoms with Crippen LogP contribution in [0, 0.1) is 0 Å². The number of hydrogen-bond donors (Lipinski definition) is 4. The van der Waals surface area contributed by atoms with Crippen molar-refractivity contribution in [3.05, 3.63) is 69.3 Å². The number of halogens is 1. The van der Waals surface area contributed by atoms with Crippen LogP contribution >= 0.6 is 15.9 Å². The van der Waals surface area contributed by atoms with E-state index in [1.807, 2.05) is 42.5 Å². The Kier molecular flexibility index (Phi) is 4.34. The molecule has 3 aromatic rings. The number of aliphatic hydroxyl groups excluding tert-OH is 1. The number of hydrogen-bond acceptors (Lipinski definition) is 3. The predicted octanol–water partition coefficient (Wildman–Crippen LogP) is 2.93. The summed E-state index contributed by atoms with van der Waals surface area (Å²) in [5, 5.41) is 21.0. The number of carboxylic acids is 1. The Hall–Kier alpha value is -2.15. The molecule has 0 bridgehead atoms. The van der Waals surface area contributed by atoms with E-state index in [1.165, 1.54) is 5.56 Å². The molecule has 2 unspecified atom stereocenters. The second-order valence-corrected chi connectivity index (χ2v) is 7.76. The number of aliphatic hydroxyl groups is 1. The van der Waals surface area contributed by atoms with Crippen LogP contribution in [-0.2, 0) is 17.6 Å². The molecule has 5 N–H and O–H groups in total. The molecule has 0 saturated carbocycles. The first-order valence-electron chi connectivity index (χ1n) is 8.50.